The van der Waals surface area contributed by atoms with E-state index >= 15 is 0 Å². The number of ether oxygens (including phenoxy) is 1. The zero-order valence-electron chi connectivity index (χ0n) is 13.9. The third-order valence-electron chi connectivity index (χ3n) is 4.43. The van der Waals surface area contributed by atoms with E-state index in [4.69, 9.17) is 9.72 Å². The van der Waals surface area contributed by atoms with Crippen LogP contribution in [-0.2, 0) is 16.1 Å². The highest BCUT2D eigenvalue weighted by Gasteiger charge is 2.18. The molecule has 1 saturated heterocycles. The number of pyridine rings is 1. The van der Waals surface area contributed by atoms with Gasteiger partial charge >= 0.3 is 0 Å². The first kappa shape index (κ1) is 15.8. The SMILES string of the molecule is O=C(Cn1c(-c2cccnc2)nc2ccccc21)NCC1CCCO1. The molecule has 0 aliphatic carbocycles. The Balaban J connectivity index is 1.60. The van der Waals surface area contributed by atoms with Crippen LogP contribution >= 0.6 is 0 Å². The third-order valence-corrected chi connectivity index (χ3v) is 4.43. The molecule has 0 saturated carbocycles. The summed E-state index contributed by atoms with van der Waals surface area (Å²) in [5, 5.41) is 2.98. The lowest BCUT2D eigenvalue weighted by molar-refractivity contribution is -0.122. The topological polar surface area (TPSA) is 69.0 Å². The Morgan fingerprint density at radius 2 is 2.20 bits per heavy atom. The van der Waals surface area contributed by atoms with E-state index in [9.17, 15) is 4.79 Å². The van der Waals surface area contributed by atoms with Gasteiger partial charge in [0.25, 0.3) is 0 Å². The second kappa shape index (κ2) is 7.03. The Morgan fingerprint density at radius 1 is 1.28 bits per heavy atom. The monoisotopic (exact) mass is 336 g/mol. The van der Waals surface area contributed by atoms with Gasteiger partial charge in [0.1, 0.15) is 12.4 Å². The molecule has 128 valence electrons. The van der Waals surface area contributed by atoms with Gasteiger partial charge in [-0.05, 0) is 37.1 Å². The Labute approximate surface area is 145 Å². The second-order valence-electron chi connectivity index (χ2n) is 6.19. The molecule has 1 aromatic carbocycles. The smallest absolute Gasteiger partial charge is 0.240 e. The Hall–Kier alpha value is -2.73. The van der Waals surface area contributed by atoms with Crippen LogP contribution in [0.2, 0.25) is 0 Å². The molecular formula is C19H20N4O2. The minimum absolute atomic E-state index is 0.0382. The number of carbonyl (C=O) groups excluding carboxylic acids is 1. The molecule has 1 unspecified atom stereocenters. The molecule has 1 amide bonds. The van der Waals surface area contributed by atoms with Gasteiger partial charge < -0.3 is 14.6 Å². The van der Waals surface area contributed by atoms with Crippen LogP contribution in [0.5, 0.6) is 0 Å². The van der Waals surface area contributed by atoms with Gasteiger partial charge in [-0.15, -0.1) is 0 Å². The number of nitrogens with zero attached hydrogens (tertiary/aromatic N) is 3. The van der Waals surface area contributed by atoms with Crippen molar-refractivity contribution in [2.24, 2.45) is 0 Å². The molecule has 1 atom stereocenters. The summed E-state index contributed by atoms with van der Waals surface area (Å²) in [6.45, 7) is 1.57. The molecule has 1 fully saturated rings. The van der Waals surface area contributed by atoms with Gasteiger partial charge in [-0.25, -0.2) is 4.98 Å². The van der Waals surface area contributed by atoms with Gasteiger partial charge in [0, 0.05) is 31.1 Å². The normalized spacial score (nSPS) is 17.0. The fourth-order valence-electron chi connectivity index (χ4n) is 3.18. The van der Waals surface area contributed by atoms with Crippen LogP contribution in [0.15, 0.2) is 48.8 Å². The second-order valence-corrected chi connectivity index (χ2v) is 6.19. The Kier molecular flexibility index (Phi) is 4.43. The van der Waals surface area contributed by atoms with Gasteiger partial charge in [-0.3, -0.25) is 9.78 Å². The Morgan fingerprint density at radius 3 is 3.00 bits per heavy atom. The molecule has 25 heavy (non-hydrogen) atoms. The summed E-state index contributed by atoms with van der Waals surface area (Å²) in [5.41, 5.74) is 2.70. The minimum atomic E-state index is -0.0382. The van der Waals surface area contributed by atoms with Crippen molar-refractivity contribution in [2.75, 3.05) is 13.2 Å². The van der Waals surface area contributed by atoms with E-state index in [0.717, 1.165) is 41.9 Å². The first-order valence-electron chi connectivity index (χ1n) is 8.55. The van der Waals surface area contributed by atoms with Crippen LogP contribution in [0.3, 0.4) is 0 Å². The van der Waals surface area contributed by atoms with Crippen molar-refractivity contribution in [1.29, 1.82) is 0 Å². The lowest BCUT2D eigenvalue weighted by atomic mass is 10.2. The summed E-state index contributed by atoms with van der Waals surface area (Å²) >= 11 is 0. The van der Waals surface area contributed by atoms with Gasteiger partial charge in [-0.1, -0.05) is 12.1 Å². The summed E-state index contributed by atoms with van der Waals surface area (Å²) in [4.78, 5) is 21.3. The molecule has 0 spiro atoms. The van der Waals surface area contributed by atoms with Crippen LogP contribution in [0, 0.1) is 0 Å². The predicted molar refractivity (Wildman–Crippen MR) is 94.9 cm³/mol. The van der Waals surface area contributed by atoms with Crippen LogP contribution in [0.25, 0.3) is 22.4 Å². The molecular weight excluding hydrogens is 316 g/mol. The molecule has 0 radical (unpaired) electrons. The van der Waals surface area contributed by atoms with Crippen LogP contribution in [0.4, 0.5) is 0 Å². The maximum Gasteiger partial charge on any atom is 0.240 e. The van der Waals surface area contributed by atoms with E-state index in [2.05, 4.69) is 10.3 Å². The lowest BCUT2D eigenvalue weighted by Gasteiger charge is -2.13. The number of benzene rings is 1. The van der Waals surface area contributed by atoms with Crippen molar-refractivity contribution in [1.82, 2.24) is 19.9 Å². The molecule has 0 bridgehead atoms. The average molecular weight is 336 g/mol. The molecule has 6 heteroatoms. The molecule has 3 aromatic rings. The highest BCUT2D eigenvalue weighted by molar-refractivity contribution is 5.84. The van der Waals surface area contributed by atoms with Gasteiger partial charge in [0.15, 0.2) is 0 Å². The standard InChI is InChI=1S/C19H20N4O2/c24-18(21-12-15-6-4-10-25-15)13-23-17-8-2-1-7-16(17)22-19(23)14-5-3-9-20-11-14/h1-3,5,7-9,11,15H,4,6,10,12-13H2,(H,21,24). The first-order valence-corrected chi connectivity index (χ1v) is 8.55. The number of aromatic nitrogens is 3. The minimum Gasteiger partial charge on any atom is -0.376 e. The van der Waals surface area contributed by atoms with E-state index in [0.29, 0.717) is 6.54 Å². The maximum atomic E-state index is 12.5. The summed E-state index contributed by atoms with van der Waals surface area (Å²) in [6.07, 6.45) is 5.71. The molecule has 6 nitrogen and oxygen atoms in total. The lowest BCUT2D eigenvalue weighted by Crippen LogP contribution is -2.34. The van der Waals surface area contributed by atoms with E-state index in [1.807, 2.05) is 41.0 Å². The highest BCUT2D eigenvalue weighted by Crippen LogP contribution is 2.24. The summed E-state index contributed by atoms with van der Waals surface area (Å²) in [6, 6.07) is 11.7. The number of hydrogen-bond acceptors (Lipinski definition) is 4. The van der Waals surface area contributed by atoms with Crippen molar-refractivity contribution in [2.45, 2.75) is 25.5 Å². The number of hydrogen-bond donors (Lipinski definition) is 1. The number of rotatable bonds is 5. The zero-order valence-corrected chi connectivity index (χ0v) is 13.9. The average Bonchev–Trinajstić information content (AvgIpc) is 3.29. The van der Waals surface area contributed by atoms with Crippen molar-refractivity contribution in [3.05, 3.63) is 48.8 Å². The third kappa shape index (κ3) is 3.39. The number of nitrogens with one attached hydrogen (secondary N) is 1. The molecule has 3 heterocycles. The number of fused-ring (bicyclic) bond motifs is 1. The fraction of sp³-hybridized carbons (Fsp3) is 0.316. The maximum absolute atomic E-state index is 12.5. The van der Waals surface area contributed by atoms with Crippen LogP contribution in [0.1, 0.15) is 12.8 Å². The molecule has 2 aromatic heterocycles. The van der Waals surface area contributed by atoms with Gasteiger partial charge in [0.05, 0.1) is 17.1 Å². The van der Waals surface area contributed by atoms with E-state index < -0.39 is 0 Å². The Bertz CT molecular complexity index is 870. The van der Waals surface area contributed by atoms with Gasteiger partial charge in [-0.2, -0.15) is 0 Å². The number of para-hydroxylation sites is 2. The van der Waals surface area contributed by atoms with E-state index in [1.165, 1.54) is 0 Å². The van der Waals surface area contributed by atoms with Crippen LogP contribution in [-0.4, -0.2) is 39.7 Å². The van der Waals surface area contributed by atoms with Crippen molar-refractivity contribution >= 4 is 16.9 Å². The first-order chi connectivity index (χ1) is 12.3. The largest absolute Gasteiger partial charge is 0.376 e. The molecule has 1 aliphatic rings. The quantitative estimate of drug-likeness (QED) is 0.777. The summed E-state index contributed by atoms with van der Waals surface area (Å²) < 4.78 is 7.50. The van der Waals surface area contributed by atoms with E-state index in [1.54, 1.807) is 12.4 Å². The number of amides is 1. The molecule has 1 N–H and O–H groups in total. The zero-order chi connectivity index (χ0) is 17.1. The number of imidazole rings is 1. The summed E-state index contributed by atoms with van der Waals surface area (Å²) in [7, 11) is 0. The van der Waals surface area contributed by atoms with Crippen molar-refractivity contribution in [3.63, 3.8) is 0 Å². The fourth-order valence-corrected chi connectivity index (χ4v) is 3.18. The van der Waals surface area contributed by atoms with Crippen molar-refractivity contribution < 1.29 is 9.53 Å². The number of carbonyl (C=O) groups is 1. The molecule has 1 aliphatic heterocycles. The van der Waals surface area contributed by atoms with Crippen molar-refractivity contribution in [3.8, 4) is 11.4 Å². The summed E-state index contributed by atoms with van der Waals surface area (Å²) in [5.74, 6) is 0.713. The van der Waals surface area contributed by atoms with Crippen LogP contribution < -0.4 is 5.32 Å². The highest BCUT2D eigenvalue weighted by atomic mass is 16.5. The predicted octanol–water partition coefficient (Wildman–Crippen LogP) is 2.39. The molecule has 4 rings (SSSR count). The van der Waals surface area contributed by atoms with E-state index in [-0.39, 0.29) is 18.6 Å². The van der Waals surface area contributed by atoms with Gasteiger partial charge in [0.2, 0.25) is 5.91 Å².